The van der Waals surface area contributed by atoms with Gasteiger partial charge in [-0.1, -0.05) is 32.0 Å². The molecule has 5 aliphatic rings. The Bertz CT molecular complexity index is 591. The fourth-order valence-corrected chi connectivity index (χ4v) is 6.87. The minimum absolute atomic E-state index is 0.101. The molecule has 5 nitrogen and oxygen atoms in total. The molecule has 1 unspecified atom stereocenters. The molecule has 8 atom stereocenters. The van der Waals surface area contributed by atoms with Crippen LogP contribution in [-0.2, 0) is 24.0 Å². The molecule has 28 heavy (non-hydrogen) atoms. The van der Waals surface area contributed by atoms with E-state index in [1.807, 2.05) is 18.7 Å². The van der Waals surface area contributed by atoms with Crippen LogP contribution in [0.4, 0.5) is 0 Å². The van der Waals surface area contributed by atoms with E-state index in [0.29, 0.717) is 41.9 Å². The summed E-state index contributed by atoms with van der Waals surface area (Å²) in [5, 5.41) is 0.541. The second kappa shape index (κ2) is 8.37. The molecule has 0 aromatic carbocycles. The molecular formula is C21H33ClO5S. The summed E-state index contributed by atoms with van der Waals surface area (Å²) in [5.74, 6) is 2.07. The maximum atomic E-state index is 6.56. The number of fused-ring (bicyclic) bond motifs is 2. The zero-order valence-corrected chi connectivity index (χ0v) is 18.7. The first kappa shape index (κ1) is 21.4. The smallest absolute Gasteiger partial charge is 0.201 e. The van der Waals surface area contributed by atoms with Gasteiger partial charge >= 0.3 is 0 Å². The largest absolute Gasteiger partial charge is 0.376 e. The van der Waals surface area contributed by atoms with Crippen molar-refractivity contribution in [2.45, 2.75) is 76.0 Å². The van der Waals surface area contributed by atoms with Crippen LogP contribution in [-0.4, -0.2) is 42.1 Å². The molecule has 0 aromatic rings. The van der Waals surface area contributed by atoms with Crippen molar-refractivity contribution in [2.75, 3.05) is 19.0 Å². The molecule has 0 N–H and O–H groups in total. The minimum atomic E-state index is -0.703. The third-order valence-electron chi connectivity index (χ3n) is 7.07. The maximum absolute atomic E-state index is 6.56. The van der Waals surface area contributed by atoms with Crippen LogP contribution in [0, 0.1) is 23.7 Å². The van der Waals surface area contributed by atoms with Gasteiger partial charge in [0.15, 0.2) is 11.9 Å². The van der Waals surface area contributed by atoms with Gasteiger partial charge in [0.1, 0.15) is 5.44 Å². The molecule has 7 heteroatoms. The van der Waals surface area contributed by atoms with Gasteiger partial charge < -0.3 is 14.2 Å². The number of rotatable bonds is 7. The molecule has 160 valence electrons. The summed E-state index contributed by atoms with van der Waals surface area (Å²) < 4.78 is 18.5. The quantitative estimate of drug-likeness (QED) is 0.412. The standard InChI is InChI=1S/C21H33ClO5S/c1-13-6-7-17-15(3)18(28-11-5-10-23-12-14(2)22)24-19-21(17)16(13)8-9-20(4,25-19)26-27-21/h13,15-19H,2,5-12H2,1,3-4H3/t13-,15-,16+,17+,18+,19-,20?,21-/m1/s1. The van der Waals surface area contributed by atoms with Crippen LogP contribution in [0.2, 0.25) is 0 Å². The van der Waals surface area contributed by atoms with Crippen LogP contribution in [0.15, 0.2) is 11.6 Å². The average molecular weight is 433 g/mol. The van der Waals surface area contributed by atoms with Crippen molar-refractivity contribution in [1.82, 2.24) is 0 Å². The highest BCUT2D eigenvalue weighted by atomic mass is 35.5. The van der Waals surface area contributed by atoms with Crippen LogP contribution in [0.25, 0.3) is 0 Å². The van der Waals surface area contributed by atoms with Crippen molar-refractivity contribution in [3.63, 3.8) is 0 Å². The van der Waals surface area contributed by atoms with E-state index >= 15 is 0 Å². The summed E-state index contributed by atoms with van der Waals surface area (Å²) in [5.41, 5.74) is -0.363. The fourth-order valence-electron chi connectivity index (χ4n) is 5.61. The molecule has 0 amide bonds. The molecular weight excluding hydrogens is 400 g/mol. The Kier molecular flexibility index (Phi) is 6.40. The van der Waals surface area contributed by atoms with Gasteiger partial charge in [0.05, 0.1) is 6.61 Å². The van der Waals surface area contributed by atoms with Crippen LogP contribution in [0.5, 0.6) is 0 Å². The monoisotopic (exact) mass is 432 g/mol. The third-order valence-corrected chi connectivity index (χ3v) is 8.57. The van der Waals surface area contributed by atoms with E-state index in [0.717, 1.165) is 31.4 Å². The molecule has 1 saturated carbocycles. The van der Waals surface area contributed by atoms with Crippen LogP contribution in [0.3, 0.4) is 0 Å². The SMILES string of the molecule is C=C(Cl)COCCCS[C@@H]1O[C@@H]2OC3(C)CC[C@H]4[C@H](C)CC[C@@H]([C@H]1C)[C@@]24OO3. The number of ether oxygens (including phenoxy) is 3. The average Bonchev–Trinajstić information content (AvgIpc) is 2.88. The number of halogens is 1. The van der Waals surface area contributed by atoms with E-state index in [2.05, 4.69) is 20.4 Å². The zero-order chi connectivity index (χ0) is 19.9. The van der Waals surface area contributed by atoms with Gasteiger partial charge in [-0.2, -0.15) is 0 Å². The predicted molar refractivity (Wildman–Crippen MR) is 110 cm³/mol. The van der Waals surface area contributed by atoms with Gasteiger partial charge in [0.25, 0.3) is 0 Å². The first-order valence-electron chi connectivity index (χ1n) is 10.6. The van der Waals surface area contributed by atoms with Crippen LogP contribution < -0.4 is 0 Å². The van der Waals surface area contributed by atoms with E-state index < -0.39 is 11.4 Å². The lowest BCUT2D eigenvalue weighted by molar-refractivity contribution is -0.568. The Balaban J connectivity index is 1.43. The summed E-state index contributed by atoms with van der Waals surface area (Å²) in [6.45, 7) is 11.4. The first-order valence-corrected chi connectivity index (χ1v) is 12.0. The molecule has 0 radical (unpaired) electrons. The second-order valence-corrected chi connectivity index (χ2v) is 10.8. The minimum Gasteiger partial charge on any atom is -0.376 e. The molecule has 0 aromatic heterocycles. The summed E-state index contributed by atoms with van der Waals surface area (Å²) >= 11 is 7.59. The number of hydrogen-bond acceptors (Lipinski definition) is 6. The lowest BCUT2D eigenvalue weighted by Gasteiger charge is -2.60. The van der Waals surface area contributed by atoms with Gasteiger partial charge in [-0.15, -0.1) is 11.8 Å². The highest BCUT2D eigenvalue weighted by Gasteiger charge is 2.69. The van der Waals surface area contributed by atoms with Crippen molar-refractivity contribution in [3.05, 3.63) is 11.6 Å². The number of thioether (sulfide) groups is 1. The van der Waals surface area contributed by atoms with Crippen molar-refractivity contribution in [3.8, 4) is 0 Å². The molecule has 4 heterocycles. The van der Waals surface area contributed by atoms with Gasteiger partial charge in [0.2, 0.25) is 5.79 Å². The lowest BCUT2D eigenvalue weighted by atomic mass is 9.58. The molecule has 4 saturated heterocycles. The van der Waals surface area contributed by atoms with E-state index in [9.17, 15) is 0 Å². The van der Waals surface area contributed by atoms with E-state index in [-0.39, 0.29) is 11.7 Å². The molecule has 2 bridgehead atoms. The van der Waals surface area contributed by atoms with Crippen molar-refractivity contribution in [2.24, 2.45) is 23.7 Å². The molecule has 1 spiro atoms. The maximum Gasteiger partial charge on any atom is 0.201 e. The number of hydrogen-bond donors (Lipinski definition) is 0. The summed E-state index contributed by atoms with van der Waals surface area (Å²) in [6.07, 6.45) is 4.91. The Morgan fingerprint density at radius 3 is 2.82 bits per heavy atom. The predicted octanol–water partition coefficient (Wildman–Crippen LogP) is 5.09. The zero-order valence-electron chi connectivity index (χ0n) is 17.2. The Morgan fingerprint density at radius 1 is 1.21 bits per heavy atom. The van der Waals surface area contributed by atoms with Crippen molar-refractivity contribution < 1.29 is 24.0 Å². The summed E-state index contributed by atoms with van der Waals surface area (Å²) in [4.78, 5) is 12.1. The molecule has 4 aliphatic heterocycles. The van der Waals surface area contributed by atoms with Crippen molar-refractivity contribution in [1.29, 1.82) is 0 Å². The van der Waals surface area contributed by atoms with E-state index in [1.54, 1.807) is 0 Å². The Morgan fingerprint density at radius 2 is 2.04 bits per heavy atom. The van der Waals surface area contributed by atoms with Crippen LogP contribution in [0.1, 0.15) is 52.9 Å². The molecule has 5 rings (SSSR count). The first-order chi connectivity index (χ1) is 13.4. The van der Waals surface area contributed by atoms with Gasteiger partial charge in [-0.25, -0.2) is 9.78 Å². The highest BCUT2D eigenvalue weighted by molar-refractivity contribution is 7.99. The van der Waals surface area contributed by atoms with E-state index in [4.69, 9.17) is 35.6 Å². The van der Waals surface area contributed by atoms with Gasteiger partial charge in [-0.3, -0.25) is 0 Å². The highest BCUT2D eigenvalue weighted by Crippen LogP contribution is 2.61. The Hall–Kier alpha value is 0.180. The topological polar surface area (TPSA) is 46.2 Å². The normalized spacial score (nSPS) is 47.4. The lowest BCUT2D eigenvalue weighted by Crippen LogP contribution is -2.70. The fraction of sp³-hybridized carbons (Fsp3) is 0.905. The van der Waals surface area contributed by atoms with Gasteiger partial charge in [-0.05, 0) is 56.1 Å². The summed E-state index contributed by atoms with van der Waals surface area (Å²) in [7, 11) is 0. The van der Waals surface area contributed by atoms with Crippen LogP contribution >= 0.6 is 23.4 Å². The molecule has 5 fully saturated rings. The Labute approximate surface area is 177 Å². The van der Waals surface area contributed by atoms with E-state index in [1.165, 1.54) is 6.42 Å². The second-order valence-electron chi connectivity index (χ2n) is 9.07. The molecule has 1 aliphatic carbocycles. The van der Waals surface area contributed by atoms with Crippen molar-refractivity contribution >= 4 is 23.4 Å². The summed E-state index contributed by atoms with van der Waals surface area (Å²) in [6, 6.07) is 0. The third kappa shape index (κ3) is 3.79. The van der Waals surface area contributed by atoms with Gasteiger partial charge in [0, 0.05) is 24.0 Å².